The van der Waals surface area contributed by atoms with Gasteiger partial charge in [-0.3, -0.25) is 9.48 Å². The molecule has 0 fully saturated rings. The Morgan fingerprint density at radius 3 is 3.16 bits per heavy atom. The molecule has 98 valence electrons. The number of nitrogens with zero attached hydrogens (tertiary/aromatic N) is 2. The molecule has 0 radical (unpaired) electrons. The first-order valence-corrected chi connectivity index (χ1v) is 7.21. The van der Waals surface area contributed by atoms with E-state index in [1.807, 2.05) is 31.2 Å². The highest BCUT2D eigenvalue weighted by Crippen LogP contribution is 2.35. The predicted octanol–water partition coefficient (Wildman–Crippen LogP) is 2.64. The molecule has 4 nitrogen and oxygen atoms in total. The van der Waals surface area contributed by atoms with Crippen LogP contribution in [-0.2, 0) is 6.54 Å². The van der Waals surface area contributed by atoms with Crippen molar-refractivity contribution in [3.05, 3.63) is 42.2 Å². The number of benzene rings is 1. The highest BCUT2D eigenvalue weighted by molar-refractivity contribution is 7.99. The largest absolute Gasteiger partial charge is 0.480 e. The van der Waals surface area contributed by atoms with Gasteiger partial charge in [0.25, 0.3) is 0 Å². The van der Waals surface area contributed by atoms with E-state index in [1.54, 1.807) is 28.8 Å². The SMILES string of the molecule is CCn1cc(C(=O)C2CSc3ccccc3O2)cn1. The summed E-state index contributed by atoms with van der Waals surface area (Å²) in [4.78, 5) is 13.4. The highest BCUT2D eigenvalue weighted by atomic mass is 32.2. The number of fused-ring (bicyclic) bond motifs is 1. The number of ketones is 1. The summed E-state index contributed by atoms with van der Waals surface area (Å²) in [5, 5.41) is 4.13. The van der Waals surface area contributed by atoms with Gasteiger partial charge in [0.15, 0.2) is 6.10 Å². The van der Waals surface area contributed by atoms with Crippen LogP contribution in [0, 0.1) is 0 Å². The van der Waals surface area contributed by atoms with Crippen molar-refractivity contribution in [2.75, 3.05) is 5.75 Å². The van der Waals surface area contributed by atoms with E-state index in [2.05, 4.69) is 5.10 Å². The van der Waals surface area contributed by atoms with Gasteiger partial charge in [-0.25, -0.2) is 0 Å². The second-order valence-corrected chi connectivity index (χ2v) is 5.38. The Morgan fingerprint density at radius 1 is 1.53 bits per heavy atom. The van der Waals surface area contributed by atoms with Crippen LogP contribution in [0.3, 0.4) is 0 Å². The van der Waals surface area contributed by atoms with E-state index in [0.717, 1.165) is 17.2 Å². The molecule has 1 aliphatic rings. The van der Waals surface area contributed by atoms with Gasteiger partial charge in [-0.2, -0.15) is 5.10 Å². The smallest absolute Gasteiger partial charge is 0.207 e. The number of carbonyl (C=O) groups excluding carboxylic acids is 1. The summed E-state index contributed by atoms with van der Waals surface area (Å²) < 4.78 is 7.53. The monoisotopic (exact) mass is 274 g/mol. The maximum Gasteiger partial charge on any atom is 0.207 e. The fourth-order valence-electron chi connectivity index (χ4n) is 2.00. The van der Waals surface area contributed by atoms with Crippen molar-refractivity contribution in [1.82, 2.24) is 9.78 Å². The Morgan fingerprint density at radius 2 is 2.37 bits per heavy atom. The van der Waals surface area contributed by atoms with Crippen LogP contribution in [0.5, 0.6) is 5.75 Å². The van der Waals surface area contributed by atoms with E-state index in [1.165, 1.54) is 0 Å². The molecular formula is C14H14N2O2S. The zero-order valence-electron chi connectivity index (χ0n) is 10.6. The third-order valence-electron chi connectivity index (χ3n) is 3.04. The van der Waals surface area contributed by atoms with Crippen LogP contribution in [0.2, 0.25) is 0 Å². The molecule has 0 saturated carbocycles. The summed E-state index contributed by atoms with van der Waals surface area (Å²) in [6.07, 6.45) is 2.96. The van der Waals surface area contributed by atoms with E-state index in [9.17, 15) is 4.79 Å². The third-order valence-corrected chi connectivity index (χ3v) is 4.16. The lowest BCUT2D eigenvalue weighted by atomic mass is 10.1. The van der Waals surface area contributed by atoms with Gasteiger partial charge >= 0.3 is 0 Å². The van der Waals surface area contributed by atoms with Gasteiger partial charge in [-0.15, -0.1) is 11.8 Å². The first kappa shape index (κ1) is 12.3. The highest BCUT2D eigenvalue weighted by Gasteiger charge is 2.28. The van der Waals surface area contributed by atoms with Gasteiger partial charge in [-0.05, 0) is 19.1 Å². The molecular weight excluding hydrogens is 260 g/mol. The first-order valence-electron chi connectivity index (χ1n) is 6.23. The molecule has 0 saturated heterocycles. The van der Waals surface area contributed by atoms with Crippen molar-refractivity contribution in [3.8, 4) is 5.75 Å². The van der Waals surface area contributed by atoms with Crippen LogP contribution in [0.4, 0.5) is 0 Å². The lowest BCUT2D eigenvalue weighted by Crippen LogP contribution is -2.32. The minimum absolute atomic E-state index is 0.00158. The number of hydrogen-bond acceptors (Lipinski definition) is 4. The lowest BCUT2D eigenvalue weighted by molar-refractivity contribution is 0.0815. The molecule has 3 rings (SSSR count). The van der Waals surface area contributed by atoms with Crippen molar-refractivity contribution in [3.63, 3.8) is 0 Å². The summed E-state index contributed by atoms with van der Waals surface area (Å²) >= 11 is 1.66. The van der Waals surface area contributed by atoms with E-state index < -0.39 is 6.10 Å². The number of thioether (sulfide) groups is 1. The van der Waals surface area contributed by atoms with Crippen LogP contribution in [0.25, 0.3) is 0 Å². The van der Waals surface area contributed by atoms with Gasteiger partial charge in [0.2, 0.25) is 5.78 Å². The maximum absolute atomic E-state index is 12.3. The summed E-state index contributed by atoms with van der Waals surface area (Å²) in [7, 11) is 0. The second-order valence-electron chi connectivity index (χ2n) is 4.31. The summed E-state index contributed by atoms with van der Waals surface area (Å²) in [6.45, 7) is 2.75. The zero-order valence-corrected chi connectivity index (χ0v) is 11.4. The number of hydrogen-bond donors (Lipinski definition) is 0. The van der Waals surface area contributed by atoms with Gasteiger partial charge in [0, 0.05) is 23.4 Å². The number of aryl methyl sites for hydroxylation is 1. The van der Waals surface area contributed by atoms with Crippen LogP contribution in [0.15, 0.2) is 41.6 Å². The van der Waals surface area contributed by atoms with Gasteiger partial charge in [0.05, 0.1) is 11.8 Å². The molecule has 0 N–H and O–H groups in total. The minimum atomic E-state index is -0.422. The molecule has 1 atom stereocenters. The van der Waals surface area contributed by atoms with Crippen LogP contribution >= 0.6 is 11.8 Å². The number of Topliss-reactive ketones (excluding diaryl/α,β-unsaturated/α-hetero) is 1. The Labute approximate surface area is 115 Å². The molecule has 5 heteroatoms. The van der Waals surface area contributed by atoms with E-state index in [0.29, 0.717) is 11.3 Å². The van der Waals surface area contributed by atoms with Crippen molar-refractivity contribution < 1.29 is 9.53 Å². The molecule has 1 aromatic carbocycles. The van der Waals surface area contributed by atoms with Gasteiger partial charge in [0.1, 0.15) is 5.75 Å². The summed E-state index contributed by atoms with van der Waals surface area (Å²) in [5.41, 5.74) is 0.617. The molecule has 1 unspecified atom stereocenters. The number of rotatable bonds is 3. The maximum atomic E-state index is 12.3. The molecule has 0 amide bonds. The van der Waals surface area contributed by atoms with Crippen LogP contribution in [0.1, 0.15) is 17.3 Å². The average Bonchev–Trinajstić information content (AvgIpc) is 2.95. The number of carbonyl (C=O) groups is 1. The van der Waals surface area contributed by atoms with E-state index in [-0.39, 0.29) is 5.78 Å². The Balaban J connectivity index is 1.79. The fourth-order valence-corrected chi connectivity index (χ4v) is 2.98. The molecule has 0 bridgehead atoms. The third kappa shape index (κ3) is 2.38. The standard InChI is InChI=1S/C14H14N2O2S/c1-2-16-8-10(7-15-16)14(17)12-9-19-13-6-4-3-5-11(13)18-12/h3-8,12H,2,9H2,1H3. The normalized spacial score (nSPS) is 17.6. The van der Waals surface area contributed by atoms with Gasteiger partial charge < -0.3 is 4.74 Å². The average molecular weight is 274 g/mol. The van der Waals surface area contributed by atoms with Crippen molar-refractivity contribution in [2.45, 2.75) is 24.5 Å². The Bertz CT molecular complexity index is 609. The second kappa shape index (κ2) is 5.09. The topological polar surface area (TPSA) is 44.1 Å². The summed E-state index contributed by atoms with van der Waals surface area (Å²) in [6, 6.07) is 7.80. The quantitative estimate of drug-likeness (QED) is 0.807. The fraction of sp³-hybridized carbons (Fsp3) is 0.286. The van der Waals surface area contributed by atoms with E-state index >= 15 is 0 Å². The molecule has 2 aromatic rings. The number of ether oxygens (including phenoxy) is 1. The van der Waals surface area contributed by atoms with Crippen LogP contribution in [-0.4, -0.2) is 27.4 Å². The summed E-state index contributed by atoms with van der Waals surface area (Å²) in [5.74, 6) is 1.44. The Kier molecular flexibility index (Phi) is 3.29. The molecule has 0 spiro atoms. The van der Waals surface area contributed by atoms with Crippen molar-refractivity contribution in [2.24, 2.45) is 0 Å². The first-order chi connectivity index (χ1) is 9.28. The van der Waals surface area contributed by atoms with Crippen molar-refractivity contribution in [1.29, 1.82) is 0 Å². The lowest BCUT2D eigenvalue weighted by Gasteiger charge is -2.24. The number of para-hydroxylation sites is 1. The molecule has 0 aliphatic carbocycles. The van der Waals surface area contributed by atoms with Crippen molar-refractivity contribution >= 4 is 17.5 Å². The molecule has 19 heavy (non-hydrogen) atoms. The number of aromatic nitrogens is 2. The van der Waals surface area contributed by atoms with Gasteiger partial charge in [-0.1, -0.05) is 12.1 Å². The Hall–Kier alpha value is -1.75. The zero-order chi connectivity index (χ0) is 13.2. The predicted molar refractivity (Wildman–Crippen MR) is 73.8 cm³/mol. The molecule has 2 heterocycles. The molecule has 1 aliphatic heterocycles. The van der Waals surface area contributed by atoms with Crippen LogP contribution < -0.4 is 4.74 Å². The molecule has 1 aromatic heterocycles. The van der Waals surface area contributed by atoms with E-state index in [4.69, 9.17) is 4.74 Å². The minimum Gasteiger partial charge on any atom is -0.480 e.